The summed E-state index contributed by atoms with van der Waals surface area (Å²) in [6, 6.07) is 0. The number of hydrogen-bond acceptors (Lipinski definition) is 3. The highest BCUT2D eigenvalue weighted by atomic mass is 16.2. The Labute approximate surface area is 95.2 Å². The lowest BCUT2D eigenvalue weighted by Gasteiger charge is -2.16. The number of hydrogen-bond donors (Lipinski definition) is 1. The summed E-state index contributed by atoms with van der Waals surface area (Å²) in [7, 11) is 1.90. The molecule has 1 unspecified atom stereocenters. The van der Waals surface area contributed by atoms with Crippen molar-refractivity contribution in [3.05, 3.63) is 11.4 Å². The lowest BCUT2D eigenvalue weighted by molar-refractivity contribution is -0.117. The van der Waals surface area contributed by atoms with Gasteiger partial charge in [0.1, 0.15) is 0 Å². The first-order valence-corrected chi connectivity index (χ1v) is 5.55. The molecule has 2 rings (SSSR count). The molecule has 5 heteroatoms. The smallest absolute Gasteiger partial charge is 0.227 e. The van der Waals surface area contributed by atoms with E-state index in [-0.39, 0.29) is 11.8 Å². The van der Waals surface area contributed by atoms with Gasteiger partial charge in [0.25, 0.3) is 0 Å². The molecule has 2 heterocycles. The zero-order valence-electron chi connectivity index (χ0n) is 10.0. The van der Waals surface area contributed by atoms with Crippen LogP contribution in [0, 0.1) is 19.8 Å². The molecule has 0 aliphatic carbocycles. The van der Waals surface area contributed by atoms with Crippen molar-refractivity contribution < 1.29 is 4.79 Å². The Morgan fingerprint density at radius 2 is 2.19 bits per heavy atom. The van der Waals surface area contributed by atoms with Crippen LogP contribution >= 0.6 is 0 Å². The molecule has 1 fully saturated rings. The molecule has 1 aromatic rings. The maximum atomic E-state index is 11.9. The van der Waals surface area contributed by atoms with Crippen LogP contribution in [-0.4, -0.2) is 28.8 Å². The van der Waals surface area contributed by atoms with E-state index in [0.29, 0.717) is 13.0 Å². The summed E-state index contributed by atoms with van der Waals surface area (Å²) in [4.78, 5) is 13.7. The van der Waals surface area contributed by atoms with Gasteiger partial charge in [-0.1, -0.05) is 0 Å². The number of aryl methyl sites for hydroxylation is 2. The number of anilines is 1. The van der Waals surface area contributed by atoms with Gasteiger partial charge in [-0.3, -0.25) is 9.48 Å². The molecule has 1 aliphatic heterocycles. The number of amides is 1. The molecule has 1 aromatic heterocycles. The zero-order valence-corrected chi connectivity index (χ0v) is 10.0. The van der Waals surface area contributed by atoms with Crippen LogP contribution in [0.4, 0.5) is 5.69 Å². The number of rotatable bonds is 2. The first kappa shape index (κ1) is 11.1. The topological polar surface area (TPSA) is 64.2 Å². The highest BCUT2D eigenvalue weighted by molar-refractivity contribution is 5.96. The summed E-state index contributed by atoms with van der Waals surface area (Å²) < 4.78 is 1.81. The lowest BCUT2D eigenvalue weighted by Crippen LogP contribution is -2.26. The number of carbonyl (C=O) groups is 1. The largest absolute Gasteiger partial charge is 0.330 e. The van der Waals surface area contributed by atoms with Crippen LogP contribution < -0.4 is 10.6 Å². The monoisotopic (exact) mass is 222 g/mol. The van der Waals surface area contributed by atoms with Crippen molar-refractivity contribution in [1.82, 2.24) is 9.78 Å². The molecule has 1 aliphatic rings. The molecular formula is C11H18N4O. The van der Waals surface area contributed by atoms with Crippen LogP contribution in [0.1, 0.15) is 17.8 Å². The van der Waals surface area contributed by atoms with Gasteiger partial charge in [-0.2, -0.15) is 5.10 Å². The molecule has 0 radical (unpaired) electrons. The first-order valence-electron chi connectivity index (χ1n) is 5.55. The van der Waals surface area contributed by atoms with Crippen molar-refractivity contribution in [3.8, 4) is 0 Å². The van der Waals surface area contributed by atoms with Gasteiger partial charge in [-0.25, -0.2) is 0 Å². The molecular weight excluding hydrogens is 204 g/mol. The Morgan fingerprint density at radius 3 is 2.62 bits per heavy atom. The van der Waals surface area contributed by atoms with Crippen molar-refractivity contribution in [2.24, 2.45) is 18.7 Å². The molecule has 1 atom stereocenters. The average Bonchev–Trinajstić information content (AvgIpc) is 2.70. The Bertz CT molecular complexity index is 424. The minimum Gasteiger partial charge on any atom is -0.330 e. The Balaban J connectivity index is 2.34. The molecule has 88 valence electrons. The molecule has 0 saturated carbocycles. The van der Waals surface area contributed by atoms with E-state index in [1.807, 2.05) is 30.5 Å². The number of nitrogens with zero attached hydrogens (tertiary/aromatic N) is 3. The second-order valence-corrected chi connectivity index (χ2v) is 4.45. The minimum absolute atomic E-state index is 0.162. The van der Waals surface area contributed by atoms with Crippen molar-refractivity contribution >= 4 is 11.6 Å². The minimum atomic E-state index is 0.162. The summed E-state index contributed by atoms with van der Waals surface area (Å²) in [6.07, 6.45) is 0.560. The maximum absolute atomic E-state index is 11.9. The van der Waals surface area contributed by atoms with Gasteiger partial charge in [0.15, 0.2) is 0 Å². The molecule has 5 nitrogen and oxygen atoms in total. The number of nitrogens with two attached hydrogens (primary N) is 1. The molecule has 0 aromatic carbocycles. The van der Waals surface area contributed by atoms with E-state index < -0.39 is 0 Å². The van der Waals surface area contributed by atoms with Crippen molar-refractivity contribution in [1.29, 1.82) is 0 Å². The van der Waals surface area contributed by atoms with E-state index in [0.717, 1.165) is 23.6 Å². The summed E-state index contributed by atoms with van der Waals surface area (Å²) in [5.74, 6) is 0.446. The zero-order chi connectivity index (χ0) is 11.9. The quantitative estimate of drug-likeness (QED) is 0.785. The van der Waals surface area contributed by atoms with Gasteiger partial charge >= 0.3 is 0 Å². The predicted octanol–water partition coefficient (Wildman–Crippen LogP) is 0.349. The summed E-state index contributed by atoms with van der Waals surface area (Å²) >= 11 is 0. The third-order valence-electron chi connectivity index (χ3n) is 3.28. The number of carbonyl (C=O) groups excluding carboxylic acids is 1. The molecule has 16 heavy (non-hydrogen) atoms. The van der Waals surface area contributed by atoms with Crippen LogP contribution in [0.25, 0.3) is 0 Å². The second-order valence-electron chi connectivity index (χ2n) is 4.45. The predicted molar refractivity (Wildman–Crippen MR) is 62.2 cm³/mol. The third-order valence-corrected chi connectivity index (χ3v) is 3.28. The van der Waals surface area contributed by atoms with E-state index in [1.54, 1.807) is 0 Å². The third kappa shape index (κ3) is 1.61. The van der Waals surface area contributed by atoms with E-state index in [4.69, 9.17) is 5.73 Å². The van der Waals surface area contributed by atoms with Gasteiger partial charge in [-0.15, -0.1) is 0 Å². The van der Waals surface area contributed by atoms with E-state index >= 15 is 0 Å². The molecule has 0 spiro atoms. The Morgan fingerprint density at radius 1 is 1.50 bits per heavy atom. The average molecular weight is 222 g/mol. The lowest BCUT2D eigenvalue weighted by atomic mass is 10.1. The standard InChI is InChI=1S/C11H18N4O/c1-7-11(8(2)14(3)13-7)15-6-9(5-12)4-10(15)16/h9H,4-6,12H2,1-3H3. The highest BCUT2D eigenvalue weighted by Gasteiger charge is 2.32. The van der Waals surface area contributed by atoms with Gasteiger partial charge < -0.3 is 10.6 Å². The molecule has 0 bridgehead atoms. The van der Waals surface area contributed by atoms with Gasteiger partial charge in [0.2, 0.25) is 5.91 Å². The number of aromatic nitrogens is 2. The van der Waals surface area contributed by atoms with Gasteiger partial charge in [0.05, 0.1) is 17.1 Å². The Hall–Kier alpha value is -1.36. The summed E-state index contributed by atoms with van der Waals surface area (Å²) in [5, 5.41) is 4.33. The molecule has 1 saturated heterocycles. The second kappa shape index (κ2) is 3.90. The highest BCUT2D eigenvalue weighted by Crippen LogP contribution is 2.29. The first-order chi connectivity index (χ1) is 7.54. The van der Waals surface area contributed by atoms with Crippen LogP contribution in [0.2, 0.25) is 0 Å². The molecule has 2 N–H and O–H groups in total. The van der Waals surface area contributed by atoms with E-state index in [9.17, 15) is 4.79 Å². The fourth-order valence-corrected chi connectivity index (χ4v) is 2.31. The van der Waals surface area contributed by atoms with Gasteiger partial charge in [-0.05, 0) is 26.3 Å². The maximum Gasteiger partial charge on any atom is 0.227 e. The van der Waals surface area contributed by atoms with Crippen LogP contribution in [0.15, 0.2) is 0 Å². The van der Waals surface area contributed by atoms with E-state index in [1.165, 1.54) is 0 Å². The van der Waals surface area contributed by atoms with Crippen molar-refractivity contribution in [2.75, 3.05) is 18.0 Å². The SMILES string of the molecule is Cc1nn(C)c(C)c1N1CC(CN)CC1=O. The van der Waals surface area contributed by atoms with Crippen molar-refractivity contribution in [3.63, 3.8) is 0 Å². The van der Waals surface area contributed by atoms with Crippen LogP contribution in [-0.2, 0) is 11.8 Å². The summed E-state index contributed by atoms with van der Waals surface area (Å²) in [5.41, 5.74) is 8.52. The fourth-order valence-electron chi connectivity index (χ4n) is 2.31. The van der Waals surface area contributed by atoms with Crippen molar-refractivity contribution in [2.45, 2.75) is 20.3 Å². The molecule has 1 amide bonds. The van der Waals surface area contributed by atoms with Gasteiger partial charge in [0, 0.05) is 20.0 Å². The Kier molecular flexibility index (Phi) is 2.71. The fraction of sp³-hybridized carbons (Fsp3) is 0.636. The normalized spacial score (nSPS) is 20.9. The van der Waals surface area contributed by atoms with E-state index in [2.05, 4.69) is 5.10 Å². The summed E-state index contributed by atoms with van der Waals surface area (Å²) in [6.45, 7) is 5.22. The van der Waals surface area contributed by atoms with Crippen LogP contribution in [0.5, 0.6) is 0 Å². The van der Waals surface area contributed by atoms with Crippen LogP contribution in [0.3, 0.4) is 0 Å².